The highest BCUT2D eigenvalue weighted by Crippen LogP contribution is 2.14. The van der Waals surface area contributed by atoms with Gasteiger partial charge in [0.1, 0.15) is 0 Å². The van der Waals surface area contributed by atoms with Gasteiger partial charge in [-0.15, -0.1) is 0 Å². The fourth-order valence-corrected chi connectivity index (χ4v) is 3.93. The molecule has 0 spiro atoms. The maximum atomic E-state index is 12.4. The van der Waals surface area contributed by atoms with Crippen LogP contribution in [0.15, 0.2) is 11.6 Å². The summed E-state index contributed by atoms with van der Waals surface area (Å²) in [6, 6.07) is 0. The summed E-state index contributed by atoms with van der Waals surface area (Å²) in [5.74, 6) is -2.76. The molecule has 192 valence electrons. The summed E-state index contributed by atoms with van der Waals surface area (Å²) in [7, 11) is 0. The van der Waals surface area contributed by atoms with Gasteiger partial charge >= 0.3 is 11.9 Å². The zero-order valence-corrected chi connectivity index (χ0v) is 20.7. The smallest absolute Gasteiger partial charge is 0.331 e. The number of hydrogen-bond acceptors (Lipinski definition) is 4. The SMILES string of the molecule is CCCCCCCCCCCCCCCCCC(=O)N(CCO)CC/C(=C/C(=O)O)C(=O)O. The fourth-order valence-electron chi connectivity index (χ4n) is 3.93. The average Bonchev–Trinajstić information content (AvgIpc) is 2.77. The summed E-state index contributed by atoms with van der Waals surface area (Å²) in [6.45, 7) is 2.25. The molecule has 0 aromatic heterocycles. The maximum absolute atomic E-state index is 12.4. The van der Waals surface area contributed by atoms with E-state index in [1.807, 2.05) is 0 Å². The number of carboxylic acids is 2. The number of carbonyl (C=O) groups is 3. The normalized spacial score (nSPS) is 11.5. The molecule has 7 nitrogen and oxygen atoms in total. The van der Waals surface area contributed by atoms with E-state index in [1.54, 1.807) is 0 Å². The van der Waals surface area contributed by atoms with Crippen molar-refractivity contribution >= 4 is 17.8 Å². The summed E-state index contributed by atoms with van der Waals surface area (Å²) >= 11 is 0. The summed E-state index contributed by atoms with van der Waals surface area (Å²) in [5, 5.41) is 27.0. The van der Waals surface area contributed by atoms with E-state index in [0.717, 1.165) is 19.3 Å². The molecule has 0 aromatic rings. The second-order valence-corrected chi connectivity index (χ2v) is 8.87. The minimum Gasteiger partial charge on any atom is -0.478 e. The van der Waals surface area contributed by atoms with Crippen molar-refractivity contribution in [3.63, 3.8) is 0 Å². The van der Waals surface area contributed by atoms with Gasteiger partial charge in [-0.05, 0) is 12.8 Å². The van der Waals surface area contributed by atoms with E-state index in [2.05, 4.69) is 6.92 Å². The van der Waals surface area contributed by atoms with E-state index in [-0.39, 0.29) is 37.6 Å². The molecular formula is C26H47NO6. The minimum absolute atomic E-state index is 0.0633. The molecule has 0 aliphatic heterocycles. The molecule has 0 radical (unpaired) electrons. The first-order chi connectivity index (χ1) is 15.9. The lowest BCUT2D eigenvalue weighted by Gasteiger charge is -2.22. The Balaban J connectivity index is 3.83. The minimum atomic E-state index is -1.33. The van der Waals surface area contributed by atoms with Crippen LogP contribution < -0.4 is 0 Å². The number of hydrogen-bond donors (Lipinski definition) is 3. The Hall–Kier alpha value is -1.89. The highest BCUT2D eigenvalue weighted by Gasteiger charge is 2.16. The molecule has 7 heteroatoms. The van der Waals surface area contributed by atoms with Gasteiger partial charge in [0.2, 0.25) is 5.91 Å². The van der Waals surface area contributed by atoms with E-state index in [4.69, 9.17) is 10.2 Å². The Kier molecular flexibility index (Phi) is 20.7. The monoisotopic (exact) mass is 469 g/mol. The summed E-state index contributed by atoms with van der Waals surface area (Å²) in [6.07, 6.45) is 19.8. The van der Waals surface area contributed by atoms with Crippen molar-refractivity contribution in [2.24, 2.45) is 0 Å². The fraction of sp³-hybridized carbons (Fsp3) is 0.808. The third-order valence-corrected chi connectivity index (χ3v) is 5.94. The van der Waals surface area contributed by atoms with E-state index >= 15 is 0 Å². The van der Waals surface area contributed by atoms with Gasteiger partial charge in [-0.1, -0.05) is 96.8 Å². The first-order valence-corrected chi connectivity index (χ1v) is 13.0. The molecule has 0 fully saturated rings. The first kappa shape index (κ1) is 31.1. The van der Waals surface area contributed by atoms with Crippen molar-refractivity contribution in [1.29, 1.82) is 0 Å². The number of unbranched alkanes of at least 4 members (excludes halogenated alkanes) is 14. The number of aliphatic carboxylic acids is 2. The lowest BCUT2D eigenvalue weighted by Crippen LogP contribution is -2.34. The Morgan fingerprint density at radius 2 is 1.12 bits per heavy atom. The quantitative estimate of drug-likeness (QED) is 0.133. The van der Waals surface area contributed by atoms with Gasteiger partial charge in [-0.2, -0.15) is 0 Å². The van der Waals surface area contributed by atoms with Gasteiger partial charge in [0, 0.05) is 31.2 Å². The van der Waals surface area contributed by atoms with Crippen molar-refractivity contribution in [2.45, 2.75) is 116 Å². The molecule has 0 aliphatic rings. The van der Waals surface area contributed by atoms with Crippen LogP contribution in [-0.4, -0.2) is 57.8 Å². The molecule has 0 rings (SSSR count). The van der Waals surface area contributed by atoms with Crippen molar-refractivity contribution < 1.29 is 29.7 Å². The molecule has 3 N–H and O–H groups in total. The van der Waals surface area contributed by atoms with Crippen LogP contribution in [0.4, 0.5) is 0 Å². The Bertz CT molecular complexity index is 561. The number of carbonyl (C=O) groups excluding carboxylic acids is 1. The van der Waals surface area contributed by atoms with Gasteiger partial charge in [-0.3, -0.25) is 4.79 Å². The van der Waals surface area contributed by atoms with E-state index in [0.29, 0.717) is 12.5 Å². The van der Waals surface area contributed by atoms with Gasteiger partial charge < -0.3 is 20.2 Å². The van der Waals surface area contributed by atoms with Crippen molar-refractivity contribution in [3.05, 3.63) is 11.6 Å². The second-order valence-electron chi connectivity index (χ2n) is 8.87. The first-order valence-electron chi connectivity index (χ1n) is 13.0. The lowest BCUT2D eigenvalue weighted by molar-refractivity contribution is -0.135. The van der Waals surface area contributed by atoms with Crippen LogP contribution in [0.2, 0.25) is 0 Å². The van der Waals surface area contributed by atoms with Crippen LogP contribution in [-0.2, 0) is 14.4 Å². The van der Waals surface area contributed by atoms with Crippen LogP contribution in [0.25, 0.3) is 0 Å². The number of rotatable bonds is 23. The Morgan fingerprint density at radius 1 is 0.667 bits per heavy atom. The van der Waals surface area contributed by atoms with E-state index in [9.17, 15) is 19.5 Å². The van der Waals surface area contributed by atoms with Gasteiger partial charge in [0.25, 0.3) is 0 Å². The molecule has 0 heterocycles. The highest BCUT2D eigenvalue weighted by molar-refractivity contribution is 5.94. The largest absolute Gasteiger partial charge is 0.478 e. The zero-order chi connectivity index (χ0) is 24.7. The standard InChI is InChI=1S/C26H47NO6/c1-2-3-4-5-6-7-8-9-10-11-12-13-14-15-16-17-24(29)27(20-21-28)19-18-23(26(32)33)22-25(30)31/h22,28H,2-21H2,1H3,(H,30,31)(H,32,33)/b23-22-. The van der Waals surface area contributed by atoms with Crippen LogP contribution in [0.5, 0.6) is 0 Å². The molecule has 0 atom stereocenters. The van der Waals surface area contributed by atoms with Crippen LogP contribution in [0.3, 0.4) is 0 Å². The molecule has 0 saturated heterocycles. The predicted molar refractivity (Wildman–Crippen MR) is 131 cm³/mol. The van der Waals surface area contributed by atoms with Gasteiger partial charge in [0.05, 0.1) is 6.61 Å². The van der Waals surface area contributed by atoms with Gasteiger partial charge in [0.15, 0.2) is 0 Å². The molecule has 0 aromatic carbocycles. The average molecular weight is 470 g/mol. The summed E-state index contributed by atoms with van der Waals surface area (Å²) < 4.78 is 0. The molecule has 0 bridgehead atoms. The highest BCUT2D eigenvalue weighted by atomic mass is 16.4. The third-order valence-electron chi connectivity index (χ3n) is 5.94. The Morgan fingerprint density at radius 3 is 1.52 bits per heavy atom. The molecule has 1 amide bonds. The zero-order valence-electron chi connectivity index (χ0n) is 20.7. The number of aliphatic hydroxyl groups excluding tert-OH is 1. The third kappa shape index (κ3) is 19.3. The van der Waals surface area contributed by atoms with Crippen LogP contribution in [0.1, 0.15) is 116 Å². The number of carboxylic acid groups (broad SMARTS) is 2. The van der Waals surface area contributed by atoms with Crippen molar-refractivity contribution in [1.82, 2.24) is 4.90 Å². The Labute approximate surface area is 200 Å². The summed E-state index contributed by atoms with van der Waals surface area (Å²) in [5.41, 5.74) is -0.259. The predicted octanol–water partition coefficient (Wildman–Crippen LogP) is 5.55. The maximum Gasteiger partial charge on any atom is 0.331 e. The summed E-state index contributed by atoms with van der Waals surface area (Å²) in [4.78, 5) is 35.7. The van der Waals surface area contributed by atoms with Crippen LogP contribution in [0, 0.1) is 0 Å². The molecular weight excluding hydrogens is 422 g/mol. The van der Waals surface area contributed by atoms with Crippen LogP contribution >= 0.6 is 0 Å². The van der Waals surface area contributed by atoms with Crippen molar-refractivity contribution in [2.75, 3.05) is 19.7 Å². The topological polar surface area (TPSA) is 115 Å². The molecule has 0 aliphatic carbocycles. The lowest BCUT2D eigenvalue weighted by atomic mass is 10.0. The van der Waals surface area contributed by atoms with E-state index in [1.165, 1.54) is 81.9 Å². The number of nitrogens with zero attached hydrogens (tertiary/aromatic N) is 1. The van der Waals surface area contributed by atoms with E-state index < -0.39 is 11.9 Å². The van der Waals surface area contributed by atoms with Gasteiger partial charge in [-0.25, -0.2) is 9.59 Å². The molecule has 0 unspecified atom stereocenters. The second kappa shape index (κ2) is 21.9. The molecule has 33 heavy (non-hydrogen) atoms. The molecule has 0 saturated carbocycles. The van der Waals surface area contributed by atoms with Crippen molar-refractivity contribution in [3.8, 4) is 0 Å². The number of aliphatic hydroxyl groups is 1. The number of amides is 1.